The monoisotopic (exact) mass is 370 g/mol. The minimum atomic E-state index is -0.0956. The van der Waals surface area contributed by atoms with Crippen molar-refractivity contribution < 1.29 is 14.1 Å². The van der Waals surface area contributed by atoms with Crippen LogP contribution in [-0.4, -0.2) is 30.5 Å². The Bertz CT molecular complexity index is 841. The van der Waals surface area contributed by atoms with Crippen molar-refractivity contribution in [3.05, 3.63) is 53.4 Å². The van der Waals surface area contributed by atoms with E-state index in [1.807, 2.05) is 25.1 Å². The SMILES string of the molecule is C[C@H](NC(=O)C[NH+]1CCC[C@H](c2nc3ccccc3s2)C1)c1ccco1. The summed E-state index contributed by atoms with van der Waals surface area (Å²) in [6.07, 6.45) is 3.93. The lowest BCUT2D eigenvalue weighted by Gasteiger charge is -2.28. The number of thiazole rings is 1. The van der Waals surface area contributed by atoms with Gasteiger partial charge in [0.05, 0.1) is 41.5 Å². The van der Waals surface area contributed by atoms with Gasteiger partial charge in [0.15, 0.2) is 6.54 Å². The Morgan fingerprint density at radius 1 is 1.38 bits per heavy atom. The number of para-hydroxylation sites is 1. The first-order chi connectivity index (χ1) is 12.7. The molecular weight excluding hydrogens is 346 g/mol. The Balaban J connectivity index is 1.36. The third kappa shape index (κ3) is 3.81. The highest BCUT2D eigenvalue weighted by molar-refractivity contribution is 7.18. The summed E-state index contributed by atoms with van der Waals surface area (Å²) in [4.78, 5) is 18.6. The number of piperidine rings is 1. The first kappa shape index (κ1) is 17.2. The quantitative estimate of drug-likeness (QED) is 0.726. The average molecular weight is 370 g/mol. The number of carbonyl (C=O) groups is 1. The number of benzene rings is 1. The molecule has 3 aromatic rings. The Hall–Kier alpha value is -2.18. The predicted octanol–water partition coefficient (Wildman–Crippen LogP) is 2.53. The van der Waals surface area contributed by atoms with Crippen LogP contribution < -0.4 is 10.2 Å². The maximum Gasteiger partial charge on any atom is 0.275 e. The van der Waals surface area contributed by atoms with Crippen molar-refractivity contribution >= 4 is 27.5 Å². The fourth-order valence-electron chi connectivity index (χ4n) is 3.72. The first-order valence-corrected chi connectivity index (χ1v) is 10.0. The fraction of sp³-hybridized carbons (Fsp3) is 0.400. The lowest BCUT2D eigenvalue weighted by atomic mass is 9.99. The Morgan fingerprint density at radius 2 is 2.27 bits per heavy atom. The molecule has 4 rings (SSSR count). The highest BCUT2D eigenvalue weighted by atomic mass is 32.1. The summed E-state index contributed by atoms with van der Waals surface area (Å²) in [6.45, 7) is 4.48. The van der Waals surface area contributed by atoms with Gasteiger partial charge in [0.25, 0.3) is 5.91 Å². The van der Waals surface area contributed by atoms with Crippen molar-refractivity contribution in [2.75, 3.05) is 19.6 Å². The number of nitrogens with one attached hydrogen (secondary N) is 2. The van der Waals surface area contributed by atoms with Gasteiger partial charge in [-0.2, -0.15) is 0 Å². The van der Waals surface area contributed by atoms with Crippen LogP contribution in [0.2, 0.25) is 0 Å². The van der Waals surface area contributed by atoms with Gasteiger partial charge in [-0.1, -0.05) is 12.1 Å². The average Bonchev–Trinajstić information content (AvgIpc) is 3.31. The maximum atomic E-state index is 12.4. The molecule has 1 unspecified atom stereocenters. The van der Waals surface area contributed by atoms with Crippen molar-refractivity contribution in [3.63, 3.8) is 0 Å². The molecule has 2 N–H and O–H groups in total. The first-order valence-electron chi connectivity index (χ1n) is 9.21. The zero-order valence-electron chi connectivity index (χ0n) is 14.9. The standard InChI is InChI=1S/C20H23N3O2S/c1-14(17-8-5-11-25-17)21-19(24)13-23-10-4-6-15(12-23)20-22-16-7-2-3-9-18(16)26-20/h2-3,5,7-9,11,14-15H,4,6,10,12-13H2,1H3,(H,21,24)/p+1/t14-,15-/m0/s1. The molecular formula is C20H24N3O2S+. The van der Waals surface area contributed by atoms with E-state index in [1.165, 1.54) is 14.6 Å². The molecule has 3 atom stereocenters. The van der Waals surface area contributed by atoms with E-state index < -0.39 is 0 Å². The minimum Gasteiger partial charge on any atom is -0.467 e. The number of likely N-dealkylation sites (tertiary alicyclic amines) is 1. The molecule has 1 fully saturated rings. The number of fused-ring (bicyclic) bond motifs is 1. The Morgan fingerprint density at radius 3 is 3.08 bits per heavy atom. The second-order valence-corrected chi connectivity index (χ2v) is 8.11. The van der Waals surface area contributed by atoms with Gasteiger partial charge >= 0.3 is 0 Å². The largest absolute Gasteiger partial charge is 0.467 e. The number of furan rings is 1. The third-order valence-corrected chi connectivity index (χ3v) is 6.23. The van der Waals surface area contributed by atoms with Crippen LogP contribution in [-0.2, 0) is 4.79 Å². The molecule has 2 aromatic heterocycles. The van der Waals surface area contributed by atoms with E-state index in [9.17, 15) is 4.79 Å². The van der Waals surface area contributed by atoms with E-state index in [4.69, 9.17) is 9.40 Å². The topological polar surface area (TPSA) is 59.6 Å². The van der Waals surface area contributed by atoms with Crippen LogP contribution in [0.5, 0.6) is 0 Å². The summed E-state index contributed by atoms with van der Waals surface area (Å²) in [6, 6.07) is 11.9. The summed E-state index contributed by atoms with van der Waals surface area (Å²) in [5.41, 5.74) is 1.09. The zero-order valence-corrected chi connectivity index (χ0v) is 15.7. The second kappa shape index (κ2) is 7.60. The molecule has 1 amide bonds. The number of rotatable bonds is 5. The molecule has 1 aromatic carbocycles. The number of carbonyl (C=O) groups excluding carboxylic acids is 1. The summed E-state index contributed by atoms with van der Waals surface area (Å²) in [5, 5.41) is 4.25. The molecule has 0 radical (unpaired) electrons. The van der Waals surface area contributed by atoms with Crippen molar-refractivity contribution in [1.29, 1.82) is 0 Å². The normalized spacial score (nSPS) is 21.6. The Kier molecular flexibility index (Phi) is 5.04. The molecule has 0 bridgehead atoms. The van der Waals surface area contributed by atoms with Gasteiger partial charge in [0, 0.05) is 0 Å². The molecule has 3 heterocycles. The fourth-order valence-corrected chi connectivity index (χ4v) is 4.82. The van der Waals surface area contributed by atoms with Crippen molar-refractivity contribution in [2.24, 2.45) is 0 Å². The predicted molar refractivity (Wildman–Crippen MR) is 102 cm³/mol. The van der Waals surface area contributed by atoms with E-state index in [-0.39, 0.29) is 11.9 Å². The maximum absolute atomic E-state index is 12.4. The second-order valence-electron chi connectivity index (χ2n) is 7.04. The van der Waals surface area contributed by atoms with Crippen LogP contribution in [0.3, 0.4) is 0 Å². The van der Waals surface area contributed by atoms with Crippen molar-refractivity contribution in [1.82, 2.24) is 10.3 Å². The van der Waals surface area contributed by atoms with Gasteiger partial charge in [-0.3, -0.25) is 4.79 Å². The van der Waals surface area contributed by atoms with Gasteiger partial charge in [0.2, 0.25) is 0 Å². The van der Waals surface area contributed by atoms with Gasteiger partial charge in [-0.05, 0) is 44.0 Å². The van der Waals surface area contributed by atoms with Crippen LogP contribution >= 0.6 is 11.3 Å². The van der Waals surface area contributed by atoms with E-state index >= 15 is 0 Å². The lowest BCUT2D eigenvalue weighted by Crippen LogP contribution is -3.14. The van der Waals surface area contributed by atoms with Crippen LogP contribution in [0, 0.1) is 0 Å². The van der Waals surface area contributed by atoms with Crippen LogP contribution in [0.25, 0.3) is 10.2 Å². The molecule has 0 saturated carbocycles. The van der Waals surface area contributed by atoms with Crippen molar-refractivity contribution in [2.45, 2.75) is 31.7 Å². The molecule has 0 spiro atoms. The number of amides is 1. The summed E-state index contributed by atoms with van der Waals surface area (Å²) in [5.74, 6) is 1.32. The molecule has 1 aliphatic rings. The van der Waals surface area contributed by atoms with Crippen molar-refractivity contribution in [3.8, 4) is 0 Å². The smallest absolute Gasteiger partial charge is 0.275 e. The van der Waals surface area contributed by atoms with E-state index in [0.717, 1.165) is 37.2 Å². The summed E-state index contributed by atoms with van der Waals surface area (Å²) >= 11 is 1.80. The molecule has 1 aliphatic heterocycles. The van der Waals surface area contributed by atoms with Gasteiger partial charge < -0.3 is 14.6 Å². The number of quaternary nitrogens is 1. The van der Waals surface area contributed by atoms with Crippen LogP contribution in [0.4, 0.5) is 0 Å². The Labute approximate surface area is 157 Å². The molecule has 0 aliphatic carbocycles. The van der Waals surface area contributed by atoms with Gasteiger partial charge in [0.1, 0.15) is 10.8 Å². The number of hydrogen-bond acceptors (Lipinski definition) is 4. The molecule has 5 nitrogen and oxygen atoms in total. The zero-order chi connectivity index (χ0) is 17.9. The molecule has 1 saturated heterocycles. The minimum absolute atomic E-state index is 0.0776. The van der Waals surface area contributed by atoms with Gasteiger partial charge in [-0.25, -0.2) is 4.98 Å². The highest BCUT2D eigenvalue weighted by Gasteiger charge is 2.28. The van der Waals surface area contributed by atoms with Crippen LogP contribution in [0.1, 0.15) is 42.5 Å². The van der Waals surface area contributed by atoms with E-state index in [1.54, 1.807) is 17.6 Å². The van der Waals surface area contributed by atoms with Crippen LogP contribution in [0.15, 0.2) is 47.1 Å². The molecule has 136 valence electrons. The van der Waals surface area contributed by atoms with E-state index in [0.29, 0.717) is 12.5 Å². The van der Waals surface area contributed by atoms with E-state index in [2.05, 4.69) is 23.5 Å². The molecule has 6 heteroatoms. The summed E-state index contributed by atoms with van der Waals surface area (Å²) in [7, 11) is 0. The van der Waals surface area contributed by atoms with Gasteiger partial charge in [-0.15, -0.1) is 11.3 Å². The molecule has 26 heavy (non-hydrogen) atoms. The summed E-state index contributed by atoms with van der Waals surface area (Å²) < 4.78 is 6.61. The number of aromatic nitrogens is 1. The lowest BCUT2D eigenvalue weighted by molar-refractivity contribution is -0.898. The highest BCUT2D eigenvalue weighted by Crippen LogP contribution is 2.30. The number of nitrogens with zero attached hydrogens (tertiary/aromatic N) is 1. The third-order valence-electron chi connectivity index (χ3n) is 5.04. The number of hydrogen-bond donors (Lipinski definition) is 2.